The van der Waals surface area contributed by atoms with Crippen molar-refractivity contribution in [1.29, 1.82) is 0 Å². The van der Waals surface area contributed by atoms with Crippen LogP contribution in [0.5, 0.6) is 0 Å². The molecule has 2 aromatic heterocycles. The largest absolute Gasteiger partial charge is 0.368 e. The number of imidazole rings is 1. The number of amides is 1. The number of nitrogens with zero attached hydrogens (tertiary/aromatic N) is 3. The highest BCUT2D eigenvalue weighted by molar-refractivity contribution is 5.89. The molecule has 2 heterocycles. The van der Waals surface area contributed by atoms with Crippen LogP contribution in [0.15, 0.2) is 30.6 Å². The van der Waals surface area contributed by atoms with Crippen molar-refractivity contribution >= 4 is 16.9 Å². The Balaban J connectivity index is 1.84. The number of carbonyl (C=O) groups excluding carboxylic acids is 1. The van der Waals surface area contributed by atoms with Crippen LogP contribution in [-0.2, 0) is 10.3 Å². The summed E-state index contributed by atoms with van der Waals surface area (Å²) in [6.45, 7) is 0. The summed E-state index contributed by atoms with van der Waals surface area (Å²) < 4.78 is 16.5. The van der Waals surface area contributed by atoms with Gasteiger partial charge in [0.25, 0.3) is 0 Å². The lowest BCUT2D eigenvalue weighted by atomic mass is 9.63. The first-order chi connectivity index (χ1) is 15.1. The summed E-state index contributed by atoms with van der Waals surface area (Å²) in [6, 6.07) is 4.62. The Morgan fingerprint density at radius 1 is 1.06 bits per heavy atom. The number of hydrogen-bond acceptors (Lipinski definition) is 3. The van der Waals surface area contributed by atoms with Gasteiger partial charge in [-0.05, 0) is 55.7 Å². The Labute approximate surface area is 181 Å². The molecule has 0 radical (unpaired) electrons. The van der Waals surface area contributed by atoms with Gasteiger partial charge in [-0.25, -0.2) is 9.37 Å². The zero-order valence-corrected chi connectivity index (χ0v) is 17.8. The Morgan fingerprint density at radius 3 is 2.26 bits per heavy atom. The third-order valence-electron chi connectivity index (χ3n) is 7.59. The molecule has 3 aromatic rings. The second-order valence-corrected chi connectivity index (χ2v) is 9.25. The van der Waals surface area contributed by atoms with Gasteiger partial charge in [0.05, 0.1) is 22.8 Å². The molecule has 1 amide bonds. The summed E-state index contributed by atoms with van der Waals surface area (Å²) >= 11 is 0. The highest BCUT2D eigenvalue weighted by atomic mass is 19.1. The summed E-state index contributed by atoms with van der Waals surface area (Å²) in [6.07, 6.45) is 14.1. The molecule has 0 unspecified atom stereocenters. The molecule has 7 heteroatoms. The first kappa shape index (κ1) is 20.2. The Morgan fingerprint density at radius 2 is 1.71 bits per heavy atom. The van der Waals surface area contributed by atoms with E-state index < -0.39 is 5.54 Å². The second-order valence-electron chi connectivity index (χ2n) is 9.25. The lowest BCUT2D eigenvalue weighted by molar-refractivity contribution is -0.135. The fourth-order valence-corrected chi connectivity index (χ4v) is 6.29. The van der Waals surface area contributed by atoms with Gasteiger partial charge in [-0.1, -0.05) is 38.5 Å². The maximum atomic E-state index is 14.5. The van der Waals surface area contributed by atoms with E-state index in [-0.39, 0.29) is 23.6 Å². The highest BCUT2D eigenvalue weighted by Gasteiger charge is 2.53. The average Bonchev–Trinajstić information content (AvgIpc) is 3.44. The monoisotopic (exact) mass is 423 g/mol. The number of halogens is 1. The van der Waals surface area contributed by atoms with Crippen LogP contribution in [-0.4, -0.2) is 25.7 Å². The summed E-state index contributed by atoms with van der Waals surface area (Å²) in [5.41, 5.74) is 7.56. The molecule has 31 heavy (non-hydrogen) atoms. The molecule has 2 aliphatic carbocycles. The van der Waals surface area contributed by atoms with Gasteiger partial charge in [-0.15, -0.1) is 0 Å². The topological polar surface area (TPSA) is 89.6 Å². The van der Waals surface area contributed by atoms with Crippen molar-refractivity contribution < 1.29 is 9.18 Å². The number of aromatic amines is 1. The van der Waals surface area contributed by atoms with Crippen molar-refractivity contribution in [3.63, 3.8) is 0 Å². The van der Waals surface area contributed by atoms with Crippen molar-refractivity contribution in [1.82, 2.24) is 19.7 Å². The summed E-state index contributed by atoms with van der Waals surface area (Å²) in [5.74, 6) is 0.239. The maximum Gasteiger partial charge on any atom is 0.244 e. The normalized spacial score (nSPS) is 19.1. The van der Waals surface area contributed by atoms with E-state index in [4.69, 9.17) is 10.7 Å². The summed E-state index contributed by atoms with van der Waals surface area (Å²) in [5, 5.41) is 6.97. The summed E-state index contributed by atoms with van der Waals surface area (Å²) in [4.78, 5) is 18.5. The SMILES string of the molecule is NC(=O)C(C1CCCCC1)(C1CCCCC1)n1c(-c2cn[nH]c2)nc2ccc(F)cc21. The van der Waals surface area contributed by atoms with Crippen LogP contribution >= 0.6 is 0 Å². The number of nitrogens with one attached hydrogen (secondary N) is 1. The zero-order chi connectivity index (χ0) is 21.4. The molecule has 2 fully saturated rings. The lowest BCUT2D eigenvalue weighted by Gasteiger charge is -2.48. The van der Waals surface area contributed by atoms with Crippen molar-refractivity contribution in [3.8, 4) is 11.4 Å². The molecule has 0 bridgehead atoms. The van der Waals surface area contributed by atoms with Gasteiger partial charge in [0.15, 0.2) is 0 Å². The van der Waals surface area contributed by atoms with E-state index in [0.29, 0.717) is 16.9 Å². The first-order valence-electron chi connectivity index (χ1n) is 11.6. The molecular weight excluding hydrogens is 393 g/mol. The number of carbonyl (C=O) groups is 1. The van der Waals surface area contributed by atoms with E-state index in [9.17, 15) is 9.18 Å². The van der Waals surface area contributed by atoms with Crippen LogP contribution in [0.3, 0.4) is 0 Å². The zero-order valence-electron chi connectivity index (χ0n) is 17.8. The van der Waals surface area contributed by atoms with E-state index in [1.807, 2.05) is 4.57 Å². The molecule has 2 saturated carbocycles. The summed E-state index contributed by atoms with van der Waals surface area (Å²) in [7, 11) is 0. The molecule has 5 rings (SSSR count). The van der Waals surface area contributed by atoms with E-state index in [1.165, 1.54) is 25.0 Å². The van der Waals surface area contributed by atoms with Gasteiger partial charge in [0.1, 0.15) is 17.2 Å². The third kappa shape index (κ3) is 3.25. The molecular formula is C24H30FN5O. The smallest absolute Gasteiger partial charge is 0.244 e. The Hall–Kier alpha value is -2.70. The molecule has 0 saturated heterocycles. The molecule has 0 spiro atoms. The number of hydrogen-bond donors (Lipinski definition) is 2. The lowest BCUT2D eigenvalue weighted by Crippen LogP contribution is -2.58. The number of H-pyrrole nitrogens is 1. The highest BCUT2D eigenvalue weighted by Crippen LogP contribution is 2.50. The minimum Gasteiger partial charge on any atom is -0.368 e. The minimum absolute atomic E-state index is 0.119. The van der Waals surface area contributed by atoms with Crippen LogP contribution in [0.1, 0.15) is 64.2 Å². The van der Waals surface area contributed by atoms with Crippen LogP contribution in [0.4, 0.5) is 4.39 Å². The fraction of sp³-hybridized carbons (Fsp3) is 0.542. The molecule has 2 aliphatic rings. The first-order valence-corrected chi connectivity index (χ1v) is 11.6. The van der Waals surface area contributed by atoms with E-state index >= 15 is 0 Å². The van der Waals surface area contributed by atoms with Gasteiger partial charge in [-0.3, -0.25) is 9.89 Å². The molecule has 0 atom stereocenters. The van der Waals surface area contributed by atoms with Crippen molar-refractivity contribution in [2.75, 3.05) is 0 Å². The quantitative estimate of drug-likeness (QED) is 0.611. The fourth-order valence-electron chi connectivity index (χ4n) is 6.29. The predicted molar refractivity (Wildman–Crippen MR) is 118 cm³/mol. The molecule has 3 N–H and O–H groups in total. The van der Waals surface area contributed by atoms with Gasteiger partial charge < -0.3 is 10.3 Å². The van der Waals surface area contributed by atoms with Crippen LogP contribution < -0.4 is 5.73 Å². The molecule has 164 valence electrons. The number of nitrogens with two attached hydrogens (primary N) is 1. The minimum atomic E-state index is -0.921. The van der Waals surface area contributed by atoms with Gasteiger partial charge in [-0.2, -0.15) is 5.10 Å². The Bertz CT molecular complexity index is 1040. The van der Waals surface area contributed by atoms with Gasteiger partial charge in [0, 0.05) is 6.20 Å². The van der Waals surface area contributed by atoms with E-state index in [1.54, 1.807) is 18.5 Å². The predicted octanol–water partition coefficient (Wildman–Crippen LogP) is 4.91. The number of rotatable bonds is 5. The maximum absolute atomic E-state index is 14.5. The van der Waals surface area contributed by atoms with Crippen molar-refractivity contribution in [3.05, 3.63) is 36.4 Å². The molecule has 1 aromatic carbocycles. The standard InChI is InChI=1S/C24H30FN5O/c25-19-11-12-20-21(13-19)30(22(29-20)16-14-27-28-15-16)24(23(26)31,17-7-3-1-4-8-17)18-9-5-2-6-10-18/h11-15,17-18H,1-10H2,(H2,26,31)(H,27,28). The van der Waals surface area contributed by atoms with Gasteiger partial charge in [0.2, 0.25) is 5.91 Å². The number of benzene rings is 1. The second kappa shape index (κ2) is 8.09. The van der Waals surface area contributed by atoms with Crippen molar-refractivity contribution in [2.45, 2.75) is 69.7 Å². The van der Waals surface area contributed by atoms with Crippen LogP contribution in [0.25, 0.3) is 22.4 Å². The van der Waals surface area contributed by atoms with E-state index in [2.05, 4.69) is 10.2 Å². The van der Waals surface area contributed by atoms with Gasteiger partial charge >= 0.3 is 0 Å². The average molecular weight is 424 g/mol. The van der Waals surface area contributed by atoms with E-state index in [0.717, 1.165) is 56.9 Å². The number of primary amides is 1. The third-order valence-corrected chi connectivity index (χ3v) is 7.59. The van der Waals surface area contributed by atoms with Crippen molar-refractivity contribution in [2.24, 2.45) is 17.6 Å². The van der Waals surface area contributed by atoms with Crippen LogP contribution in [0, 0.1) is 17.7 Å². The van der Waals surface area contributed by atoms with Crippen LogP contribution in [0.2, 0.25) is 0 Å². The molecule has 6 nitrogen and oxygen atoms in total. The number of aromatic nitrogens is 4. The Kier molecular flexibility index (Phi) is 5.28. The molecule has 0 aliphatic heterocycles. The number of fused-ring (bicyclic) bond motifs is 1.